The highest BCUT2D eigenvalue weighted by atomic mass is 32.2. The van der Waals surface area contributed by atoms with Crippen molar-refractivity contribution in [3.05, 3.63) is 66.0 Å². The molecule has 0 bridgehead atoms. The van der Waals surface area contributed by atoms with Gasteiger partial charge in [-0.1, -0.05) is 48.2 Å². The first-order valence-electron chi connectivity index (χ1n) is 6.79. The van der Waals surface area contributed by atoms with Crippen LogP contribution in [0.15, 0.2) is 59.9 Å². The molecule has 1 fully saturated rings. The van der Waals surface area contributed by atoms with Crippen LogP contribution in [0.2, 0.25) is 0 Å². The van der Waals surface area contributed by atoms with Gasteiger partial charge in [0.1, 0.15) is 0 Å². The fourth-order valence-corrected chi connectivity index (χ4v) is 3.19. The Morgan fingerprint density at radius 1 is 1.20 bits per heavy atom. The van der Waals surface area contributed by atoms with Crippen molar-refractivity contribution in [2.24, 2.45) is 4.99 Å². The molecule has 0 saturated carbocycles. The second-order valence-corrected chi connectivity index (χ2v) is 5.73. The Morgan fingerprint density at radius 2 is 2.10 bits per heavy atom. The van der Waals surface area contributed by atoms with E-state index in [0.717, 1.165) is 23.9 Å². The van der Waals surface area contributed by atoms with Gasteiger partial charge in [-0.15, -0.1) is 0 Å². The van der Waals surface area contributed by atoms with Crippen molar-refractivity contribution < 1.29 is 0 Å². The van der Waals surface area contributed by atoms with Gasteiger partial charge in [0.05, 0.1) is 6.04 Å². The van der Waals surface area contributed by atoms with Crippen LogP contribution in [0, 0.1) is 0 Å². The van der Waals surface area contributed by atoms with E-state index in [2.05, 4.69) is 51.7 Å². The zero-order chi connectivity index (χ0) is 13.6. The molecular formula is C16H17N3S. The zero-order valence-electron chi connectivity index (χ0n) is 11.2. The first-order chi connectivity index (χ1) is 9.92. The Morgan fingerprint density at radius 3 is 2.90 bits per heavy atom. The zero-order valence-corrected chi connectivity index (χ0v) is 12.0. The van der Waals surface area contributed by atoms with Crippen LogP contribution in [0.3, 0.4) is 0 Å². The Balaban J connectivity index is 1.53. The van der Waals surface area contributed by atoms with Gasteiger partial charge in [-0.3, -0.25) is 9.98 Å². The monoisotopic (exact) mass is 283 g/mol. The molecule has 0 aliphatic carbocycles. The second kappa shape index (κ2) is 6.57. The molecule has 1 unspecified atom stereocenters. The van der Waals surface area contributed by atoms with E-state index in [1.54, 1.807) is 18.0 Å². The smallest absolute Gasteiger partial charge is 0.157 e. The molecule has 2 aromatic rings. The molecule has 1 N–H and O–H groups in total. The molecule has 1 aliphatic rings. The van der Waals surface area contributed by atoms with Gasteiger partial charge in [-0.2, -0.15) is 0 Å². The molecule has 3 nitrogen and oxygen atoms in total. The van der Waals surface area contributed by atoms with Crippen molar-refractivity contribution in [2.75, 3.05) is 12.3 Å². The van der Waals surface area contributed by atoms with Crippen molar-refractivity contribution in [1.29, 1.82) is 0 Å². The van der Waals surface area contributed by atoms with E-state index in [0.29, 0.717) is 6.04 Å². The molecule has 1 aliphatic heterocycles. The third-order valence-corrected chi connectivity index (χ3v) is 4.29. The molecule has 20 heavy (non-hydrogen) atoms. The number of pyridine rings is 1. The highest BCUT2D eigenvalue weighted by molar-refractivity contribution is 8.14. The van der Waals surface area contributed by atoms with Crippen molar-refractivity contribution in [1.82, 2.24) is 10.3 Å². The largest absolute Gasteiger partial charge is 0.357 e. The lowest BCUT2D eigenvalue weighted by atomic mass is 10.1. The molecule has 0 amide bonds. The summed E-state index contributed by atoms with van der Waals surface area (Å²) < 4.78 is 0. The van der Waals surface area contributed by atoms with E-state index in [-0.39, 0.29) is 0 Å². The van der Waals surface area contributed by atoms with Gasteiger partial charge in [0.25, 0.3) is 0 Å². The second-order valence-electron chi connectivity index (χ2n) is 4.72. The van der Waals surface area contributed by atoms with Gasteiger partial charge in [-0.25, -0.2) is 0 Å². The quantitative estimate of drug-likeness (QED) is 0.937. The van der Waals surface area contributed by atoms with Gasteiger partial charge in [0.2, 0.25) is 0 Å². The predicted molar refractivity (Wildman–Crippen MR) is 85.0 cm³/mol. The van der Waals surface area contributed by atoms with Crippen LogP contribution in [-0.4, -0.2) is 22.4 Å². The number of hydrogen-bond acceptors (Lipinski definition) is 3. The molecule has 1 aromatic heterocycles. The van der Waals surface area contributed by atoms with Crippen LogP contribution in [0.1, 0.15) is 17.2 Å². The summed E-state index contributed by atoms with van der Waals surface area (Å²) in [4.78, 5) is 8.75. The van der Waals surface area contributed by atoms with Crippen LogP contribution in [0.4, 0.5) is 0 Å². The number of benzene rings is 1. The number of rotatable bonds is 4. The van der Waals surface area contributed by atoms with Crippen molar-refractivity contribution in [2.45, 2.75) is 12.5 Å². The van der Waals surface area contributed by atoms with Crippen molar-refractivity contribution >= 4 is 16.9 Å². The Hall–Kier alpha value is -1.81. The van der Waals surface area contributed by atoms with E-state index in [9.17, 15) is 0 Å². The number of aromatic nitrogens is 1. The summed E-state index contributed by atoms with van der Waals surface area (Å²) in [6.07, 6.45) is 4.64. The van der Waals surface area contributed by atoms with Gasteiger partial charge in [-0.05, 0) is 23.6 Å². The minimum absolute atomic E-state index is 0.387. The van der Waals surface area contributed by atoms with E-state index in [1.807, 2.05) is 12.3 Å². The fraction of sp³-hybridized carbons (Fsp3) is 0.250. The Kier molecular flexibility index (Phi) is 4.33. The molecular weight excluding hydrogens is 266 g/mol. The lowest BCUT2D eigenvalue weighted by molar-refractivity contribution is 0.748. The summed E-state index contributed by atoms with van der Waals surface area (Å²) in [5.41, 5.74) is 2.57. The topological polar surface area (TPSA) is 37.3 Å². The van der Waals surface area contributed by atoms with Crippen LogP contribution < -0.4 is 5.32 Å². The SMILES string of the molecule is c1ccc(C2CSC(=NCCc3cccnc3)N2)cc1. The van der Waals surface area contributed by atoms with E-state index >= 15 is 0 Å². The number of nitrogens with one attached hydrogen (secondary N) is 1. The predicted octanol–water partition coefficient (Wildman–Crippen LogP) is 3.06. The molecule has 1 aromatic carbocycles. The van der Waals surface area contributed by atoms with Crippen LogP contribution in [-0.2, 0) is 6.42 Å². The Bertz CT molecular complexity index is 569. The maximum atomic E-state index is 4.63. The lowest BCUT2D eigenvalue weighted by Crippen LogP contribution is -2.19. The molecule has 1 atom stereocenters. The summed E-state index contributed by atoms with van der Waals surface area (Å²) in [6, 6.07) is 15.0. The number of nitrogens with zero attached hydrogens (tertiary/aromatic N) is 2. The van der Waals surface area contributed by atoms with E-state index < -0.39 is 0 Å². The molecule has 102 valence electrons. The molecule has 1 saturated heterocycles. The maximum absolute atomic E-state index is 4.63. The first-order valence-corrected chi connectivity index (χ1v) is 7.78. The number of thioether (sulfide) groups is 1. The third-order valence-electron chi connectivity index (χ3n) is 3.27. The molecule has 2 heterocycles. The van der Waals surface area contributed by atoms with Gasteiger partial charge < -0.3 is 5.32 Å². The fourth-order valence-electron chi connectivity index (χ4n) is 2.18. The van der Waals surface area contributed by atoms with Crippen LogP contribution in [0.25, 0.3) is 0 Å². The summed E-state index contributed by atoms with van der Waals surface area (Å²) >= 11 is 1.80. The summed E-state index contributed by atoms with van der Waals surface area (Å²) in [7, 11) is 0. The lowest BCUT2D eigenvalue weighted by Gasteiger charge is -2.09. The maximum Gasteiger partial charge on any atom is 0.157 e. The Labute approximate surface area is 123 Å². The number of amidine groups is 1. The average molecular weight is 283 g/mol. The molecule has 3 rings (SSSR count). The van der Waals surface area contributed by atoms with Crippen LogP contribution in [0.5, 0.6) is 0 Å². The third kappa shape index (κ3) is 3.39. The molecule has 0 spiro atoms. The van der Waals surface area contributed by atoms with E-state index in [1.165, 1.54) is 11.1 Å². The summed E-state index contributed by atoms with van der Waals surface area (Å²) in [5.74, 6) is 1.05. The van der Waals surface area contributed by atoms with Gasteiger partial charge in [0, 0.05) is 24.7 Å². The van der Waals surface area contributed by atoms with Gasteiger partial charge in [0.15, 0.2) is 5.17 Å². The summed E-state index contributed by atoms with van der Waals surface area (Å²) in [6.45, 7) is 0.808. The number of aliphatic imine (C=N–C) groups is 1. The first kappa shape index (κ1) is 13.2. The minimum Gasteiger partial charge on any atom is -0.357 e. The highest BCUT2D eigenvalue weighted by Crippen LogP contribution is 2.25. The van der Waals surface area contributed by atoms with Gasteiger partial charge >= 0.3 is 0 Å². The minimum atomic E-state index is 0.387. The van der Waals surface area contributed by atoms with Crippen LogP contribution >= 0.6 is 11.8 Å². The molecule has 0 radical (unpaired) electrons. The van der Waals surface area contributed by atoms with E-state index in [4.69, 9.17) is 0 Å². The normalized spacial score (nSPS) is 20.0. The number of hydrogen-bond donors (Lipinski definition) is 1. The summed E-state index contributed by atoms with van der Waals surface area (Å²) in [5, 5.41) is 4.55. The highest BCUT2D eigenvalue weighted by Gasteiger charge is 2.21. The standard InChI is InChI=1S/C16H17N3S/c1-2-6-14(7-3-1)15-12-20-16(19-15)18-10-8-13-5-4-9-17-11-13/h1-7,9,11,15H,8,10,12H2,(H,18,19). The molecule has 4 heteroatoms. The van der Waals surface area contributed by atoms with Crippen molar-refractivity contribution in [3.8, 4) is 0 Å². The average Bonchev–Trinajstić information content (AvgIpc) is 2.98. The van der Waals surface area contributed by atoms with Crippen molar-refractivity contribution in [3.63, 3.8) is 0 Å².